The Kier molecular flexibility index (Phi) is 3.84. The molecule has 17 heavy (non-hydrogen) atoms. The van der Waals surface area contributed by atoms with Crippen molar-refractivity contribution in [2.75, 3.05) is 13.1 Å². The molecule has 1 aromatic rings. The molecule has 4 heteroatoms. The normalized spacial score (nSPS) is 26.6. The van der Waals surface area contributed by atoms with Crippen LogP contribution in [0.25, 0.3) is 0 Å². The van der Waals surface area contributed by atoms with Gasteiger partial charge in [-0.2, -0.15) is 0 Å². The largest absolute Gasteiger partial charge is 0.331 e. The van der Waals surface area contributed by atoms with Crippen LogP contribution in [0.1, 0.15) is 39.4 Å². The molecule has 1 aliphatic heterocycles. The van der Waals surface area contributed by atoms with E-state index in [4.69, 9.17) is 0 Å². The maximum Gasteiger partial charge on any atom is 0.0951 e. The van der Waals surface area contributed by atoms with Gasteiger partial charge in [-0.1, -0.05) is 0 Å². The van der Waals surface area contributed by atoms with E-state index in [1.54, 1.807) is 0 Å². The van der Waals surface area contributed by atoms with Gasteiger partial charge in [0.15, 0.2) is 0 Å². The van der Waals surface area contributed by atoms with Crippen molar-refractivity contribution in [2.45, 2.75) is 52.4 Å². The summed E-state index contributed by atoms with van der Waals surface area (Å²) in [5.41, 5.74) is 1.32. The van der Waals surface area contributed by atoms with Gasteiger partial charge in [-0.25, -0.2) is 4.98 Å². The Bertz CT molecular complexity index is 358. The van der Waals surface area contributed by atoms with E-state index in [1.165, 1.54) is 5.69 Å². The van der Waals surface area contributed by atoms with Crippen molar-refractivity contribution in [3.8, 4) is 0 Å². The van der Waals surface area contributed by atoms with Gasteiger partial charge < -0.3 is 9.88 Å². The summed E-state index contributed by atoms with van der Waals surface area (Å²) < 4.78 is 2.26. The van der Waals surface area contributed by atoms with Gasteiger partial charge >= 0.3 is 0 Å². The first-order chi connectivity index (χ1) is 8.08. The summed E-state index contributed by atoms with van der Waals surface area (Å²) in [6.07, 6.45) is 3.94. The summed E-state index contributed by atoms with van der Waals surface area (Å²) in [4.78, 5) is 6.81. The molecule has 0 bridgehead atoms. The van der Waals surface area contributed by atoms with Crippen LogP contribution in [0.5, 0.6) is 0 Å². The molecule has 1 aliphatic rings. The first-order valence-corrected chi connectivity index (χ1v) is 6.56. The summed E-state index contributed by atoms with van der Waals surface area (Å²) >= 11 is 0. The van der Waals surface area contributed by atoms with Gasteiger partial charge in [0.1, 0.15) is 0 Å². The maximum absolute atomic E-state index is 4.27. The van der Waals surface area contributed by atoms with Crippen molar-refractivity contribution in [3.63, 3.8) is 0 Å². The number of hydrogen-bond donors (Lipinski definition) is 1. The smallest absolute Gasteiger partial charge is 0.0951 e. The molecule has 96 valence electrons. The molecule has 2 atom stereocenters. The number of hydrogen-bond acceptors (Lipinski definition) is 3. The van der Waals surface area contributed by atoms with Crippen LogP contribution in [-0.2, 0) is 6.54 Å². The zero-order chi connectivity index (χ0) is 12.4. The minimum absolute atomic E-state index is 0.489. The van der Waals surface area contributed by atoms with Crippen LogP contribution in [0.4, 0.5) is 0 Å². The second-order valence-corrected chi connectivity index (χ2v) is 5.47. The Labute approximate surface area is 104 Å². The van der Waals surface area contributed by atoms with Gasteiger partial charge in [-0.05, 0) is 27.7 Å². The molecule has 0 spiro atoms. The van der Waals surface area contributed by atoms with Crippen molar-refractivity contribution in [1.82, 2.24) is 19.8 Å². The Morgan fingerprint density at radius 1 is 1.47 bits per heavy atom. The average Bonchev–Trinajstić information content (AvgIpc) is 2.71. The second kappa shape index (κ2) is 5.19. The molecule has 2 heterocycles. The van der Waals surface area contributed by atoms with E-state index in [2.05, 4.69) is 47.5 Å². The van der Waals surface area contributed by atoms with E-state index in [9.17, 15) is 0 Å². The quantitative estimate of drug-likeness (QED) is 0.866. The third-order valence-electron chi connectivity index (χ3n) is 3.56. The Morgan fingerprint density at radius 2 is 2.24 bits per heavy atom. The van der Waals surface area contributed by atoms with Gasteiger partial charge in [0.05, 0.1) is 12.0 Å². The average molecular weight is 236 g/mol. The Morgan fingerprint density at radius 3 is 2.94 bits per heavy atom. The van der Waals surface area contributed by atoms with E-state index in [0.29, 0.717) is 18.1 Å². The summed E-state index contributed by atoms with van der Waals surface area (Å²) in [6.45, 7) is 12.1. The third-order valence-corrected chi connectivity index (χ3v) is 3.56. The van der Waals surface area contributed by atoms with E-state index in [1.807, 2.05) is 12.5 Å². The summed E-state index contributed by atoms with van der Waals surface area (Å²) in [6, 6.07) is 1.67. The number of rotatable bonds is 3. The van der Waals surface area contributed by atoms with Crippen molar-refractivity contribution >= 4 is 0 Å². The van der Waals surface area contributed by atoms with Crippen LogP contribution in [0.15, 0.2) is 12.5 Å². The van der Waals surface area contributed by atoms with Gasteiger partial charge in [0.2, 0.25) is 0 Å². The molecule has 0 amide bonds. The highest BCUT2D eigenvalue weighted by molar-refractivity contribution is 5.01. The van der Waals surface area contributed by atoms with Crippen LogP contribution in [-0.4, -0.2) is 39.6 Å². The lowest BCUT2D eigenvalue weighted by Crippen LogP contribution is -2.53. The molecule has 0 saturated carbocycles. The summed E-state index contributed by atoms with van der Waals surface area (Å²) in [5.74, 6) is 0. The highest BCUT2D eigenvalue weighted by Crippen LogP contribution is 2.15. The highest BCUT2D eigenvalue weighted by atomic mass is 15.2. The summed E-state index contributed by atoms with van der Waals surface area (Å²) in [5, 5.41) is 3.51. The molecule has 0 aromatic carbocycles. The molecule has 1 aromatic heterocycles. The molecule has 0 radical (unpaired) electrons. The van der Waals surface area contributed by atoms with E-state index in [0.717, 1.165) is 19.6 Å². The lowest BCUT2D eigenvalue weighted by molar-refractivity contribution is 0.135. The monoisotopic (exact) mass is 236 g/mol. The fourth-order valence-electron chi connectivity index (χ4n) is 2.45. The minimum atomic E-state index is 0.489. The molecule has 1 fully saturated rings. The van der Waals surface area contributed by atoms with Gasteiger partial charge in [0.25, 0.3) is 0 Å². The minimum Gasteiger partial charge on any atom is -0.331 e. The van der Waals surface area contributed by atoms with Crippen LogP contribution in [0.2, 0.25) is 0 Å². The molecular weight excluding hydrogens is 212 g/mol. The summed E-state index contributed by atoms with van der Waals surface area (Å²) in [7, 11) is 0. The van der Waals surface area contributed by atoms with Crippen molar-refractivity contribution in [2.24, 2.45) is 0 Å². The lowest BCUT2D eigenvalue weighted by Gasteiger charge is -2.37. The standard InChI is InChI=1S/C13H24N4/c1-10(2)17-9-14-6-13(17)8-16-7-11(3)15-5-12(16)4/h6,9-12,15H,5,7-8H2,1-4H3. The number of piperazine rings is 1. The predicted octanol–water partition coefficient (Wildman–Crippen LogP) is 1.65. The number of imidazole rings is 1. The van der Waals surface area contributed by atoms with Gasteiger partial charge in [0, 0.05) is 44.0 Å². The van der Waals surface area contributed by atoms with Crippen LogP contribution < -0.4 is 5.32 Å². The third kappa shape index (κ3) is 2.87. The van der Waals surface area contributed by atoms with Gasteiger partial charge in [-0.3, -0.25) is 4.90 Å². The van der Waals surface area contributed by atoms with Crippen LogP contribution in [0.3, 0.4) is 0 Å². The fraction of sp³-hybridized carbons (Fsp3) is 0.769. The SMILES string of the molecule is CC1CN(Cc2cncn2C(C)C)C(C)CN1. The van der Waals surface area contributed by atoms with Crippen LogP contribution >= 0.6 is 0 Å². The molecule has 0 aliphatic carbocycles. The highest BCUT2D eigenvalue weighted by Gasteiger charge is 2.23. The Balaban J connectivity index is 2.06. The van der Waals surface area contributed by atoms with Crippen LogP contribution in [0, 0.1) is 0 Å². The second-order valence-electron chi connectivity index (χ2n) is 5.47. The van der Waals surface area contributed by atoms with Crippen molar-refractivity contribution in [3.05, 3.63) is 18.2 Å². The van der Waals surface area contributed by atoms with Gasteiger partial charge in [-0.15, -0.1) is 0 Å². The maximum atomic E-state index is 4.27. The fourth-order valence-corrected chi connectivity index (χ4v) is 2.45. The van der Waals surface area contributed by atoms with Crippen molar-refractivity contribution < 1.29 is 0 Å². The first-order valence-electron chi connectivity index (χ1n) is 6.56. The number of aromatic nitrogens is 2. The molecule has 2 rings (SSSR count). The molecule has 1 saturated heterocycles. The molecule has 1 N–H and O–H groups in total. The number of nitrogens with one attached hydrogen (secondary N) is 1. The van der Waals surface area contributed by atoms with Crippen molar-refractivity contribution in [1.29, 1.82) is 0 Å². The van der Waals surface area contributed by atoms with E-state index in [-0.39, 0.29) is 0 Å². The van der Waals surface area contributed by atoms with E-state index < -0.39 is 0 Å². The topological polar surface area (TPSA) is 33.1 Å². The predicted molar refractivity (Wildman–Crippen MR) is 69.9 cm³/mol. The molecule has 4 nitrogen and oxygen atoms in total. The number of nitrogens with zero attached hydrogens (tertiary/aromatic N) is 3. The molecular formula is C13H24N4. The Hall–Kier alpha value is -0.870. The molecule has 2 unspecified atom stereocenters. The zero-order valence-corrected chi connectivity index (χ0v) is 11.3. The lowest BCUT2D eigenvalue weighted by atomic mass is 10.1. The van der Waals surface area contributed by atoms with E-state index >= 15 is 0 Å². The first kappa shape index (κ1) is 12.6. The zero-order valence-electron chi connectivity index (χ0n) is 11.3.